The summed E-state index contributed by atoms with van der Waals surface area (Å²) in [5.41, 5.74) is 21.6. The first-order valence-electron chi connectivity index (χ1n) is 43.9. The van der Waals surface area contributed by atoms with Gasteiger partial charge in [-0.25, -0.2) is 70.6 Å². The Labute approximate surface area is 803 Å². The summed E-state index contributed by atoms with van der Waals surface area (Å²) in [4.78, 5) is 89.7. The average molecular weight is 1990 g/mol. The molecule has 12 N–H and O–H groups in total. The molecule has 0 saturated carbocycles. The molecular formula is C107H82F7IN12O12. The number of nitrogens with zero attached hydrogens (tertiary/aromatic N) is 8. The molecule has 698 valence electrons. The predicted molar refractivity (Wildman–Crippen MR) is 515 cm³/mol. The molecule has 32 heteroatoms. The van der Waals surface area contributed by atoms with Gasteiger partial charge in [-0.3, -0.25) is 19.2 Å². The first-order chi connectivity index (χ1) is 67.2. The Balaban J connectivity index is 0.000000128. The molecule has 20 rings (SSSR count). The highest BCUT2D eigenvalue weighted by molar-refractivity contribution is 14.1. The molecule has 0 fully saturated rings. The zero-order valence-corrected chi connectivity index (χ0v) is 75.7. The van der Waals surface area contributed by atoms with E-state index in [0.717, 1.165) is 140 Å². The third kappa shape index (κ3) is 21.4. The van der Waals surface area contributed by atoms with Gasteiger partial charge in [0.15, 0.2) is 58.2 Å². The molecule has 24 nitrogen and oxygen atoms in total. The second kappa shape index (κ2) is 41.8. The number of aromatic nitrogens is 8. The molecule has 0 bridgehead atoms. The molecule has 0 saturated heterocycles. The molecule has 4 aliphatic rings. The van der Waals surface area contributed by atoms with E-state index in [4.69, 9.17) is 34.9 Å². The monoisotopic (exact) mass is 1990 g/mol. The van der Waals surface area contributed by atoms with Gasteiger partial charge in [-0.05, 0) is 263 Å². The fraction of sp³-hybridized carbons (Fsp3) is 0.140. The van der Waals surface area contributed by atoms with Crippen LogP contribution in [0.4, 0.5) is 54.0 Å². The molecule has 0 spiro atoms. The fourth-order valence-electron chi connectivity index (χ4n) is 16.7. The highest BCUT2D eigenvalue weighted by atomic mass is 127. The normalized spacial score (nSPS) is 12.1. The second-order valence-corrected chi connectivity index (χ2v) is 34.3. The van der Waals surface area contributed by atoms with Crippen LogP contribution in [0.25, 0.3) is 90.1 Å². The minimum Gasteiger partial charge on any atom is -0.508 e. The van der Waals surface area contributed by atoms with Crippen LogP contribution in [0.3, 0.4) is 0 Å². The summed E-state index contributed by atoms with van der Waals surface area (Å²) in [6, 6.07) is 68.6. The van der Waals surface area contributed by atoms with Gasteiger partial charge in [0, 0.05) is 59.2 Å². The number of hydrogen-bond donors (Lipinski definition) is 12. The Morgan fingerprint density at radius 1 is 0.281 bits per heavy atom. The maximum Gasteiger partial charge on any atom is 0.256 e. The minimum absolute atomic E-state index is 0.00386. The number of hydrogen-bond acceptors (Lipinski definition) is 20. The van der Waals surface area contributed by atoms with Crippen molar-refractivity contribution in [3.63, 3.8) is 0 Å². The largest absolute Gasteiger partial charge is 0.508 e. The van der Waals surface area contributed by atoms with E-state index < -0.39 is 64.5 Å². The topological polar surface area (TPSA) is 381 Å². The molecule has 4 heterocycles. The fourth-order valence-corrected chi connectivity index (χ4v) is 17.1. The van der Waals surface area contributed by atoms with Crippen LogP contribution in [0.5, 0.6) is 23.0 Å². The molecule has 0 atom stereocenters. The maximum absolute atomic E-state index is 14.1. The number of carbonyl (C=O) groups excluding carboxylic acids is 4. The number of halogens is 8. The summed E-state index contributed by atoms with van der Waals surface area (Å²) in [7, 11) is 0. The molecule has 139 heavy (non-hydrogen) atoms. The lowest BCUT2D eigenvalue weighted by molar-refractivity contribution is -0.116. The van der Waals surface area contributed by atoms with Gasteiger partial charge >= 0.3 is 0 Å². The van der Waals surface area contributed by atoms with Crippen LogP contribution in [0.1, 0.15) is 94.3 Å². The Hall–Kier alpha value is -15.9. The Morgan fingerprint density at radius 2 is 0.568 bits per heavy atom. The quantitative estimate of drug-likeness (QED) is 0.0155. The van der Waals surface area contributed by atoms with E-state index in [1.807, 2.05) is 103 Å². The van der Waals surface area contributed by atoms with Gasteiger partial charge in [-0.15, -0.1) is 0 Å². The smallest absolute Gasteiger partial charge is 0.256 e. The van der Waals surface area contributed by atoms with Gasteiger partial charge < -0.3 is 62.1 Å². The van der Waals surface area contributed by atoms with Crippen LogP contribution < -0.4 is 21.3 Å². The number of aryl methyl sites for hydroxylation is 8. The number of aliphatic hydroxyl groups is 4. The Bertz CT molecular complexity index is 7440. The van der Waals surface area contributed by atoms with Crippen molar-refractivity contribution in [3.8, 4) is 113 Å². The summed E-state index contributed by atoms with van der Waals surface area (Å²) in [6.07, 6.45) is 4.20. The van der Waals surface area contributed by atoms with Crippen LogP contribution in [-0.2, 0) is 111 Å². The maximum atomic E-state index is 14.1. The number of aliphatic hydroxyl groups excluding tert-OH is 4. The van der Waals surface area contributed by atoms with E-state index in [-0.39, 0.29) is 91.4 Å². The van der Waals surface area contributed by atoms with Gasteiger partial charge in [-0.2, -0.15) is 0 Å². The number of phenolic OH excluding ortho intramolecular Hbond substituents is 4. The summed E-state index contributed by atoms with van der Waals surface area (Å²) in [5.74, 6) is -13.4. The van der Waals surface area contributed by atoms with Crippen molar-refractivity contribution in [2.75, 3.05) is 21.3 Å². The van der Waals surface area contributed by atoms with Crippen molar-refractivity contribution in [3.05, 3.63) is 376 Å². The molecule has 0 radical (unpaired) electrons. The molecule has 4 aromatic heterocycles. The van der Waals surface area contributed by atoms with E-state index in [0.29, 0.717) is 107 Å². The van der Waals surface area contributed by atoms with Crippen molar-refractivity contribution in [2.45, 2.75) is 97.1 Å². The molecular weight excluding hydrogens is 1910 g/mol. The molecule has 0 aliphatic heterocycles. The van der Waals surface area contributed by atoms with Crippen LogP contribution in [0.15, 0.2) is 243 Å². The van der Waals surface area contributed by atoms with Crippen molar-refractivity contribution in [1.82, 2.24) is 39.9 Å². The van der Waals surface area contributed by atoms with E-state index in [1.165, 1.54) is 42.5 Å². The number of anilines is 4. The average Bonchev–Trinajstić information content (AvgIpc) is 0.769. The van der Waals surface area contributed by atoms with Crippen LogP contribution >= 0.6 is 22.6 Å². The zero-order chi connectivity index (χ0) is 97.4. The summed E-state index contributed by atoms with van der Waals surface area (Å²) < 4.78 is 96.8. The van der Waals surface area contributed by atoms with Crippen molar-refractivity contribution in [1.29, 1.82) is 0 Å². The summed E-state index contributed by atoms with van der Waals surface area (Å²) in [5, 5.41) is 87.8. The lowest BCUT2D eigenvalue weighted by Crippen LogP contribution is -2.21. The number of benzene rings is 12. The molecule has 4 aliphatic carbocycles. The van der Waals surface area contributed by atoms with Gasteiger partial charge in [0.2, 0.25) is 23.5 Å². The second-order valence-electron chi connectivity index (χ2n) is 33.1. The summed E-state index contributed by atoms with van der Waals surface area (Å²) >= 11 is 2.24. The number of rotatable bonds is 19. The number of phenols is 4. The van der Waals surface area contributed by atoms with E-state index in [9.17, 15) is 90.8 Å². The van der Waals surface area contributed by atoms with Gasteiger partial charge in [0.25, 0.3) is 5.91 Å². The molecule has 12 aromatic carbocycles. The SMILES string of the molecule is O=C(Cc1c(F)c(F)c(F)c(F)c1F)Nc1nc2c(nc1-c1ccc(O)cc1)-c1ccc(CO)cc1CC2.O=C(Cc1ccc(F)c(F)c1)Nc1nc2c(nc1-c1ccc(O)cc1)-c1ccc(CO)cc1CC2.O=C(Cc1ccc(I)cc1)Nc1nc2c(nc1-c1ccc(O)cc1)-c1ccc(CO)cc1CC2.O=C(Nc1nc2c(nc1-c1ccc(O)cc1)-c1ccc(CO)cc1CC2)c1ccccc1. The molecule has 4 amide bonds. The highest BCUT2D eigenvalue weighted by Crippen LogP contribution is 2.43. The van der Waals surface area contributed by atoms with E-state index in [2.05, 4.69) is 48.8 Å². The number of nitrogens with one attached hydrogen (secondary N) is 4. The number of fused-ring (bicyclic) bond motifs is 12. The number of amides is 4. The minimum atomic E-state index is -2.31. The number of carbonyl (C=O) groups is 4. The summed E-state index contributed by atoms with van der Waals surface area (Å²) in [6.45, 7) is -0.183. The van der Waals surface area contributed by atoms with E-state index >= 15 is 0 Å². The van der Waals surface area contributed by atoms with Crippen molar-refractivity contribution < 1.29 is 90.8 Å². The van der Waals surface area contributed by atoms with Crippen LogP contribution in [0, 0.1) is 44.3 Å². The molecule has 0 unspecified atom stereocenters. The highest BCUT2D eigenvalue weighted by Gasteiger charge is 2.33. The Kier molecular flexibility index (Phi) is 28.5. The number of aromatic hydroxyl groups is 4. The van der Waals surface area contributed by atoms with Crippen LogP contribution in [-0.4, -0.2) is 104 Å². The van der Waals surface area contributed by atoms with Gasteiger partial charge in [0.05, 0.1) is 91.2 Å². The van der Waals surface area contributed by atoms with Gasteiger partial charge in [0.1, 0.15) is 45.8 Å². The lowest BCUT2D eigenvalue weighted by Gasteiger charge is -2.21. The van der Waals surface area contributed by atoms with Gasteiger partial charge in [-0.1, -0.05) is 109 Å². The van der Waals surface area contributed by atoms with Crippen molar-refractivity contribution in [2.24, 2.45) is 0 Å². The van der Waals surface area contributed by atoms with E-state index in [1.54, 1.807) is 84.9 Å². The Morgan fingerprint density at radius 3 is 0.885 bits per heavy atom. The zero-order valence-electron chi connectivity index (χ0n) is 73.5. The predicted octanol–water partition coefficient (Wildman–Crippen LogP) is 18.8. The first kappa shape index (κ1) is 94.9. The third-order valence-electron chi connectivity index (χ3n) is 23.7. The first-order valence-corrected chi connectivity index (χ1v) is 45.0. The lowest BCUT2D eigenvalue weighted by atomic mass is 9.90. The molecule has 16 aromatic rings. The standard InChI is InChI=1S/C27H18F5N3O3.C27H21F2N3O3.C27H22IN3O3.C26H21N3O3/c28-20-17(21(29)23(31)24(32)22(20)30)10-19(38)34-27-25(13-2-5-15(37)6-3-13)35-26-16-7-1-12(11-36)9-14(16)4-8-18(26)33-27;28-21-9-2-15(12-22(21)29)13-24(35)31-27-25(17-3-6-19(34)7-4-17)32-26-20-8-1-16(14-33)11-18(20)5-10-23(26)30-27;28-20-7-1-16(2-8-20)14-24(34)30-27-25(18-4-9-21(33)10-5-18)31-26-22-11-3-17(15-32)13-19(22)6-12-23(26)29-27;30-15-16-6-12-21-19(14-16)9-13-22-24(21)28-23(17-7-10-20(31)11-8-17)25(27-22)29-26(32)18-4-2-1-3-5-18/h1-3,5-7,9,36-37H,4,8,10-11H2,(H,33,34,38);1-4,6-9,11-12,33-34H,5,10,13-14H2,(H,30,31,35);1-5,7-11,13,32-33H,6,12,14-15H2,(H,29,30,34);1-8,10-12,14,30-31H,9,13,15H2,(H,27,29,32). The van der Waals surface area contributed by atoms with Crippen LogP contribution in [0.2, 0.25) is 0 Å². The third-order valence-corrected chi connectivity index (χ3v) is 24.4. The van der Waals surface area contributed by atoms with Crippen molar-refractivity contribution >= 4 is 69.5 Å².